The Labute approximate surface area is 108 Å². The molecule has 0 fully saturated rings. The lowest BCUT2D eigenvalue weighted by Crippen LogP contribution is -2.13. The van der Waals surface area contributed by atoms with Crippen LogP contribution in [0.3, 0.4) is 0 Å². The van der Waals surface area contributed by atoms with Crippen LogP contribution < -0.4 is 4.74 Å². The molecule has 0 amide bonds. The van der Waals surface area contributed by atoms with E-state index in [1.54, 1.807) is 13.8 Å². The summed E-state index contributed by atoms with van der Waals surface area (Å²) < 4.78 is 43.7. The summed E-state index contributed by atoms with van der Waals surface area (Å²) in [7, 11) is 0. The van der Waals surface area contributed by atoms with E-state index in [1.807, 2.05) is 0 Å². The Morgan fingerprint density at radius 3 is 2.47 bits per heavy atom. The Balaban J connectivity index is 3.19. The molecule has 1 rings (SSSR count). The molecular formula is C13H13F3O3. The Morgan fingerprint density at radius 2 is 2.00 bits per heavy atom. The second-order valence-corrected chi connectivity index (χ2v) is 4.09. The monoisotopic (exact) mass is 274 g/mol. The van der Waals surface area contributed by atoms with E-state index < -0.39 is 17.7 Å². The fraction of sp³-hybridized carbons (Fsp3) is 0.308. The van der Waals surface area contributed by atoms with Gasteiger partial charge in [-0.05, 0) is 37.6 Å². The summed E-state index contributed by atoms with van der Waals surface area (Å²) in [6.07, 6.45) is -3.08. The van der Waals surface area contributed by atoms with Gasteiger partial charge in [0, 0.05) is 6.08 Å². The molecule has 0 unspecified atom stereocenters. The fourth-order valence-corrected chi connectivity index (χ4v) is 1.40. The van der Waals surface area contributed by atoms with Gasteiger partial charge < -0.3 is 9.84 Å². The number of alkyl halides is 3. The highest BCUT2D eigenvalue weighted by atomic mass is 19.4. The first-order valence-electron chi connectivity index (χ1n) is 5.49. The summed E-state index contributed by atoms with van der Waals surface area (Å²) in [5, 5.41) is 8.44. The molecule has 0 atom stereocenters. The van der Waals surface area contributed by atoms with Gasteiger partial charge in [0.05, 0.1) is 11.7 Å². The van der Waals surface area contributed by atoms with Crippen molar-refractivity contribution in [2.45, 2.75) is 26.1 Å². The zero-order valence-electron chi connectivity index (χ0n) is 10.4. The minimum absolute atomic E-state index is 0.144. The van der Waals surface area contributed by atoms with Gasteiger partial charge in [-0.25, -0.2) is 4.79 Å². The first-order valence-corrected chi connectivity index (χ1v) is 5.49. The van der Waals surface area contributed by atoms with E-state index in [1.165, 1.54) is 12.1 Å². The van der Waals surface area contributed by atoms with E-state index in [4.69, 9.17) is 9.84 Å². The first kappa shape index (κ1) is 15.1. The summed E-state index contributed by atoms with van der Waals surface area (Å²) in [4.78, 5) is 10.3. The van der Waals surface area contributed by atoms with Gasteiger partial charge in [-0.1, -0.05) is 6.07 Å². The normalized spacial score (nSPS) is 12.1. The average molecular weight is 274 g/mol. The van der Waals surface area contributed by atoms with Gasteiger partial charge in [-0.15, -0.1) is 0 Å². The van der Waals surface area contributed by atoms with Crippen molar-refractivity contribution in [1.29, 1.82) is 0 Å². The number of hydrogen-bond donors (Lipinski definition) is 1. The van der Waals surface area contributed by atoms with E-state index >= 15 is 0 Å². The van der Waals surface area contributed by atoms with E-state index in [0.717, 1.165) is 18.2 Å². The van der Waals surface area contributed by atoms with Crippen LogP contribution in [-0.4, -0.2) is 17.2 Å². The van der Waals surface area contributed by atoms with Crippen molar-refractivity contribution < 1.29 is 27.8 Å². The standard InChI is InChI=1S/C13H13F3O3/c1-8(2)19-11-5-3-9(4-6-12(17)18)7-10(11)13(14,15)16/h3-8H,1-2H3,(H,17,18)/b6-4+. The number of carboxylic acids is 1. The van der Waals surface area contributed by atoms with Gasteiger partial charge in [0.25, 0.3) is 0 Å². The van der Waals surface area contributed by atoms with Crippen molar-refractivity contribution in [1.82, 2.24) is 0 Å². The van der Waals surface area contributed by atoms with Gasteiger partial charge in [0.2, 0.25) is 0 Å². The van der Waals surface area contributed by atoms with Crippen molar-refractivity contribution in [3.05, 3.63) is 35.4 Å². The maximum atomic E-state index is 12.9. The highest BCUT2D eigenvalue weighted by Gasteiger charge is 2.34. The van der Waals surface area contributed by atoms with Gasteiger partial charge >= 0.3 is 12.1 Å². The molecule has 1 N–H and O–H groups in total. The van der Waals surface area contributed by atoms with Crippen molar-refractivity contribution in [3.8, 4) is 5.75 Å². The molecular weight excluding hydrogens is 261 g/mol. The second-order valence-electron chi connectivity index (χ2n) is 4.09. The third-order valence-electron chi connectivity index (χ3n) is 2.09. The lowest BCUT2D eigenvalue weighted by molar-refractivity contribution is -0.139. The van der Waals surface area contributed by atoms with Crippen LogP contribution in [0.1, 0.15) is 25.0 Å². The third kappa shape index (κ3) is 4.65. The van der Waals surface area contributed by atoms with E-state index in [2.05, 4.69) is 0 Å². The molecule has 6 heteroatoms. The Morgan fingerprint density at radius 1 is 1.37 bits per heavy atom. The van der Waals surface area contributed by atoms with Gasteiger partial charge in [-0.2, -0.15) is 13.2 Å². The van der Waals surface area contributed by atoms with E-state index in [-0.39, 0.29) is 17.4 Å². The molecule has 0 aliphatic rings. The summed E-state index contributed by atoms with van der Waals surface area (Å²) in [5.74, 6) is -1.49. The number of benzene rings is 1. The number of halogens is 3. The van der Waals surface area contributed by atoms with Crippen molar-refractivity contribution in [3.63, 3.8) is 0 Å². The molecule has 3 nitrogen and oxygen atoms in total. The van der Waals surface area contributed by atoms with Crippen LogP contribution in [0, 0.1) is 0 Å². The zero-order chi connectivity index (χ0) is 14.6. The molecule has 0 saturated heterocycles. The number of carbonyl (C=O) groups is 1. The van der Waals surface area contributed by atoms with Gasteiger partial charge in [0.15, 0.2) is 0 Å². The minimum Gasteiger partial charge on any atom is -0.490 e. The summed E-state index contributed by atoms with van der Waals surface area (Å²) in [5.41, 5.74) is -0.778. The Hall–Kier alpha value is -1.98. The quantitative estimate of drug-likeness (QED) is 0.853. The maximum Gasteiger partial charge on any atom is 0.419 e. The van der Waals surface area contributed by atoms with Crippen LogP contribution in [0.25, 0.3) is 6.08 Å². The van der Waals surface area contributed by atoms with Crippen LogP contribution in [0.5, 0.6) is 5.75 Å². The second kappa shape index (κ2) is 5.77. The molecule has 0 radical (unpaired) electrons. The first-order chi connectivity index (χ1) is 8.70. The molecule has 1 aromatic carbocycles. The van der Waals surface area contributed by atoms with E-state index in [9.17, 15) is 18.0 Å². The van der Waals surface area contributed by atoms with Gasteiger partial charge in [-0.3, -0.25) is 0 Å². The molecule has 0 spiro atoms. The van der Waals surface area contributed by atoms with Crippen LogP contribution in [0.2, 0.25) is 0 Å². The summed E-state index contributed by atoms with van der Waals surface area (Å²) >= 11 is 0. The lowest BCUT2D eigenvalue weighted by atomic mass is 10.1. The smallest absolute Gasteiger partial charge is 0.419 e. The number of rotatable bonds is 4. The summed E-state index contributed by atoms with van der Waals surface area (Å²) in [6, 6.07) is 3.41. The molecule has 1 aromatic rings. The largest absolute Gasteiger partial charge is 0.490 e. The third-order valence-corrected chi connectivity index (χ3v) is 2.09. The SMILES string of the molecule is CC(C)Oc1ccc(/C=C/C(=O)O)cc1C(F)(F)F. The molecule has 0 aromatic heterocycles. The maximum absolute atomic E-state index is 12.9. The molecule has 0 heterocycles. The fourth-order valence-electron chi connectivity index (χ4n) is 1.40. The summed E-state index contributed by atoms with van der Waals surface area (Å²) in [6.45, 7) is 3.25. The molecule has 0 saturated carbocycles. The number of carboxylic acid groups (broad SMARTS) is 1. The zero-order valence-corrected chi connectivity index (χ0v) is 10.4. The molecule has 0 aliphatic heterocycles. The van der Waals surface area contributed by atoms with Crippen molar-refractivity contribution in [2.75, 3.05) is 0 Å². The molecule has 104 valence electrons. The van der Waals surface area contributed by atoms with Crippen LogP contribution >= 0.6 is 0 Å². The molecule has 0 aliphatic carbocycles. The molecule has 0 bridgehead atoms. The highest BCUT2D eigenvalue weighted by Crippen LogP contribution is 2.37. The number of ether oxygens (including phenoxy) is 1. The van der Waals surface area contributed by atoms with Crippen molar-refractivity contribution in [2.24, 2.45) is 0 Å². The number of aliphatic carboxylic acids is 1. The average Bonchev–Trinajstić information content (AvgIpc) is 2.25. The van der Waals surface area contributed by atoms with Crippen LogP contribution in [-0.2, 0) is 11.0 Å². The lowest BCUT2D eigenvalue weighted by Gasteiger charge is -2.16. The Kier molecular flexibility index (Phi) is 4.58. The van der Waals surface area contributed by atoms with Crippen molar-refractivity contribution >= 4 is 12.0 Å². The van der Waals surface area contributed by atoms with Crippen LogP contribution in [0.4, 0.5) is 13.2 Å². The predicted octanol–water partition coefficient (Wildman–Crippen LogP) is 3.59. The van der Waals surface area contributed by atoms with Gasteiger partial charge in [0.1, 0.15) is 5.75 Å². The Bertz CT molecular complexity index is 490. The topological polar surface area (TPSA) is 46.5 Å². The minimum atomic E-state index is -4.56. The number of hydrogen-bond acceptors (Lipinski definition) is 2. The van der Waals surface area contributed by atoms with Crippen LogP contribution in [0.15, 0.2) is 24.3 Å². The molecule has 19 heavy (non-hydrogen) atoms. The van der Waals surface area contributed by atoms with E-state index in [0.29, 0.717) is 0 Å². The predicted molar refractivity (Wildman–Crippen MR) is 63.9 cm³/mol. The highest BCUT2D eigenvalue weighted by molar-refractivity contribution is 5.85.